The number of hydrogen-bond donors (Lipinski definition) is 2. The van der Waals surface area contributed by atoms with E-state index in [9.17, 15) is 15.5 Å². The molecule has 44 heavy (non-hydrogen) atoms. The van der Waals surface area contributed by atoms with E-state index in [0.717, 1.165) is 27.8 Å². The van der Waals surface area contributed by atoms with E-state index in [2.05, 4.69) is 21.9 Å². The molecule has 0 saturated carbocycles. The fourth-order valence-corrected chi connectivity index (χ4v) is 8.08. The molecule has 2 bridgehead atoms. The normalized spacial score (nSPS) is 24.2. The average molecular weight is 598 g/mol. The molecule has 9 nitrogen and oxygen atoms in total. The molecule has 9 heteroatoms. The van der Waals surface area contributed by atoms with Crippen LogP contribution in [0.4, 0.5) is 0 Å². The van der Waals surface area contributed by atoms with Gasteiger partial charge in [-0.1, -0.05) is 42.5 Å². The van der Waals surface area contributed by atoms with Crippen LogP contribution in [0.15, 0.2) is 36.4 Å². The highest BCUT2D eigenvalue weighted by molar-refractivity contribution is 5.68. The SMILES string of the molecule is COc1c(C)c(OC)c2c(c1O)C(C=Cc1ccccc1)N1[C@@H](C#N)[C@@H]3Cc4c(OC)c(C)c(OC)c(O)c4[C@H]([C@@H]1C2)N3C. The van der Waals surface area contributed by atoms with Crippen molar-refractivity contribution < 1.29 is 29.2 Å². The van der Waals surface area contributed by atoms with Gasteiger partial charge in [-0.05, 0) is 39.3 Å². The van der Waals surface area contributed by atoms with Crippen molar-refractivity contribution in [2.75, 3.05) is 35.5 Å². The summed E-state index contributed by atoms with van der Waals surface area (Å²) in [4.78, 5) is 4.43. The molecule has 230 valence electrons. The highest BCUT2D eigenvalue weighted by Crippen LogP contribution is 2.59. The van der Waals surface area contributed by atoms with Crippen LogP contribution >= 0.6 is 0 Å². The number of rotatable bonds is 6. The van der Waals surface area contributed by atoms with Crippen LogP contribution in [0.1, 0.15) is 51.0 Å². The van der Waals surface area contributed by atoms with Crippen LogP contribution < -0.4 is 18.9 Å². The number of piperazine rings is 1. The fraction of sp³-hybridized carbons (Fsp3) is 0.400. The van der Waals surface area contributed by atoms with Crippen LogP contribution in [0.25, 0.3) is 6.08 Å². The van der Waals surface area contributed by atoms with Crippen LogP contribution in [-0.4, -0.2) is 73.6 Å². The monoisotopic (exact) mass is 597 g/mol. The Balaban J connectivity index is 1.65. The Labute approximate surface area is 258 Å². The smallest absolute Gasteiger partial charge is 0.167 e. The van der Waals surface area contributed by atoms with E-state index >= 15 is 0 Å². The van der Waals surface area contributed by atoms with Gasteiger partial charge in [0.15, 0.2) is 23.0 Å². The van der Waals surface area contributed by atoms with E-state index in [0.29, 0.717) is 47.0 Å². The van der Waals surface area contributed by atoms with Crippen molar-refractivity contribution in [1.29, 1.82) is 5.26 Å². The fourth-order valence-electron chi connectivity index (χ4n) is 8.08. The summed E-state index contributed by atoms with van der Waals surface area (Å²) in [5.41, 5.74) is 5.60. The number of methoxy groups -OCH3 is 4. The second kappa shape index (κ2) is 11.3. The molecule has 5 atom stereocenters. The molecule has 3 aromatic rings. The average Bonchev–Trinajstić information content (AvgIpc) is 3.01. The molecule has 3 aromatic carbocycles. The van der Waals surface area contributed by atoms with E-state index in [1.165, 1.54) is 7.11 Å². The van der Waals surface area contributed by atoms with Gasteiger partial charge in [0.1, 0.15) is 17.5 Å². The number of phenols is 2. The zero-order valence-corrected chi connectivity index (χ0v) is 26.2. The largest absolute Gasteiger partial charge is 0.504 e. The number of benzene rings is 3. The van der Waals surface area contributed by atoms with Crippen LogP contribution in [0.5, 0.6) is 34.5 Å². The van der Waals surface area contributed by atoms with Crippen molar-refractivity contribution in [1.82, 2.24) is 9.80 Å². The highest BCUT2D eigenvalue weighted by atomic mass is 16.5. The Bertz CT molecular complexity index is 1680. The van der Waals surface area contributed by atoms with E-state index in [1.807, 2.05) is 57.3 Å². The van der Waals surface area contributed by atoms with Gasteiger partial charge in [-0.3, -0.25) is 9.80 Å². The van der Waals surface area contributed by atoms with Crippen molar-refractivity contribution in [2.24, 2.45) is 0 Å². The Morgan fingerprint density at radius 3 is 1.86 bits per heavy atom. The number of phenolic OH excluding ortho intramolecular Hbond substituents is 2. The molecule has 3 aliphatic heterocycles. The lowest BCUT2D eigenvalue weighted by molar-refractivity contribution is -0.0637. The van der Waals surface area contributed by atoms with Gasteiger partial charge in [-0.2, -0.15) is 5.26 Å². The zero-order valence-electron chi connectivity index (χ0n) is 26.2. The zero-order chi connectivity index (χ0) is 31.4. The molecule has 0 aromatic heterocycles. The first-order valence-electron chi connectivity index (χ1n) is 14.8. The molecular weight excluding hydrogens is 558 g/mol. The van der Waals surface area contributed by atoms with Crippen LogP contribution in [-0.2, 0) is 12.8 Å². The lowest BCUT2D eigenvalue weighted by Crippen LogP contribution is -2.67. The molecule has 0 aliphatic carbocycles. The molecule has 2 N–H and O–H groups in total. The van der Waals surface area contributed by atoms with Gasteiger partial charge in [0.2, 0.25) is 0 Å². The number of fused-ring (bicyclic) bond motifs is 7. The maximum absolute atomic E-state index is 11.8. The predicted octanol–water partition coefficient (Wildman–Crippen LogP) is 5.23. The van der Waals surface area contributed by atoms with Crippen LogP contribution in [0.2, 0.25) is 0 Å². The summed E-state index contributed by atoms with van der Waals surface area (Å²) >= 11 is 0. The first-order valence-corrected chi connectivity index (χ1v) is 14.8. The number of hydrogen-bond acceptors (Lipinski definition) is 9. The summed E-state index contributed by atoms with van der Waals surface area (Å²) in [5, 5.41) is 34.4. The van der Waals surface area contributed by atoms with Crippen molar-refractivity contribution in [3.8, 4) is 40.6 Å². The lowest BCUT2D eigenvalue weighted by atomic mass is 9.71. The summed E-state index contributed by atoms with van der Waals surface area (Å²) in [6, 6.07) is 10.8. The Morgan fingerprint density at radius 2 is 1.32 bits per heavy atom. The second-order valence-corrected chi connectivity index (χ2v) is 11.8. The molecule has 0 spiro atoms. The molecule has 1 unspecified atom stereocenters. The Morgan fingerprint density at radius 1 is 0.795 bits per heavy atom. The van der Waals surface area contributed by atoms with Gasteiger partial charge in [-0.15, -0.1) is 0 Å². The van der Waals surface area contributed by atoms with Gasteiger partial charge < -0.3 is 29.2 Å². The number of aromatic hydroxyl groups is 2. The topological polar surface area (TPSA) is 108 Å². The number of ether oxygens (including phenoxy) is 4. The van der Waals surface area contributed by atoms with Gasteiger partial charge >= 0.3 is 0 Å². The predicted molar refractivity (Wildman–Crippen MR) is 167 cm³/mol. The number of likely N-dealkylation sites (N-methyl/N-ethyl adjacent to an activating group) is 1. The Hall–Kier alpha value is -4.39. The van der Waals surface area contributed by atoms with E-state index in [4.69, 9.17) is 18.9 Å². The van der Waals surface area contributed by atoms with E-state index < -0.39 is 12.1 Å². The summed E-state index contributed by atoms with van der Waals surface area (Å²) in [6.07, 6.45) is 5.04. The second-order valence-electron chi connectivity index (χ2n) is 11.8. The maximum Gasteiger partial charge on any atom is 0.167 e. The number of nitrogens with zero attached hydrogens (tertiary/aromatic N) is 3. The van der Waals surface area contributed by atoms with E-state index in [1.54, 1.807) is 21.3 Å². The summed E-state index contributed by atoms with van der Waals surface area (Å²) in [5.74, 6) is 2.20. The first-order chi connectivity index (χ1) is 21.2. The van der Waals surface area contributed by atoms with Crippen molar-refractivity contribution in [2.45, 2.75) is 56.9 Å². The third kappa shape index (κ3) is 4.12. The molecule has 0 radical (unpaired) electrons. The lowest BCUT2D eigenvalue weighted by Gasteiger charge is -2.59. The molecular formula is C35H39N3O6. The standard InChI is InChI=1S/C35H39N3O6/c1-18-32(41-4)21-16-25-29-28-22(33(42-5)19(2)35(44-7)31(28)40)15-24(37(29)3)26(17-36)38(25)23(27(21)30(39)34(18)43-6)14-13-20-11-9-8-10-12-20/h8-14,23-26,29,39-40H,15-16H2,1-7H3/t23?,24-,25-,26-,29-/m0/s1. The maximum atomic E-state index is 11.8. The van der Waals surface area contributed by atoms with Gasteiger partial charge in [0.25, 0.3) is 0 Å². The summed E-state index contributed by atoms with van der Waals surface area (Å²) in [6.45, 7) is 3.76. The minimum atomic E-state index is -0.542. The van der Waals surface area contributed by atoms with Gasteiger partial charge in [0, 0.05) is 45.5 Å². The molecule has 1 saturated heterocycles. The quantitative estimate of drug-likeness (QED) is 0.395. The minimum Gasteiger partial charge on any atom is -0.504 e. The van der Waals surface area contributed by atoms with E-state index in [-0.39, 0.29) is 29.6 Å². The molecule has 3 aliphatic rings. The van der Waals surface area contributed by atoms with Crippen molar-refractivity contribution in [3.63, 3.8) is 0 Å². The Kier molecular flexibility index (Phi) is 7.60. The third-order valence-corrected chi connectivity index (χ3v) is 9.85. The summed E-state index contributed by atoms with van der Waals surface area (Å²) in [7, 11) is 8.37. The minimum absolute atomic E-state index is 0.0462. The third-order valence-electron chi connectivity index (χ3n) is 9.85. The molecule has 3 heterocycles. The molecule has 6 rings (SSSR count). The molecule has 1 fully saturated rings. The van der Waals surface area contributed by atoms with Crippen molar-refractivity contribution >= 4 is 6.08 Å². The van der Waals surface area contributed by atoms with Crippen LogP contribution in [0, 0.1) is 25.2 Å². The van der Waals surface area contributed by atoms with Crippen molar-refractivity contribution in [3.05, 3.63) is 75.4 Å². The van der Waals surface area contributed by atoms with Gasteiger partial charge in [-0.25, -0.2) is 0 Å². The first kappa shape index (κ1) is 29.7. The highest BCUT2D eigenvalue weighted by Gasteiger charge is 2.56. The summed E-state index contributed by atoms with van der Waals surface area (Å²) < 4.78 is 23.3. The molecule has 0 amide bonds. The van der Waals surface area contributed by atoms with Crippen LogP contribution in [0.3, 0.4) is 0 Å². The number of nitriles is 1. The van der Waals surface area contributed by atoms with Gasteiger partial charge in [0.05, 0.1) is 46.6 Å².